The first-order valence-corrected chi connectivity index (χ1v) is 6.83. The molecule has 1 aromatic heterocycles. The molecule has 0 saturated carbocycles. The molecule has 2 atom stereocenters. The second-order valence-corrected chi connectivity index (χ2v) is 5.45. The van der Waals surface area contributed by atoms with Crippen molar-refractivity contribution in [2.75, 3.05) is 37.4 Å². The number of anilines is 2. The molecule has 0 aliphatic carbocycles. The van der Waals surface area contributed by atoms with E-state index in [1.807, 2.05) is 25.8 Å². The van der Waals surface area contributed by atoms with Gasteiger partial charge in [-0.05, 0) is 20.9 Å². The topological polar surface area (TPSA) is 44.3 Å². The van der Waals surface area contributed by atoms with Crippen molar-refractivity contribution in [3.05, 3.63) is 11.9 Å². The highest BCUT2D eigenvalue weighted by Crippen LogP contribution is 2.30. The van der Waals surface area contributed by atoms with Crippen LogP contribution >= 0.6 is 0 Å². The Morgan fingerprint density at radius 3 is 2.24 bits per heavy atom. The molecule has 2 heterocycles. The Labute approximate surface area is 122 Å². The lowest BCUT2D eigenvalue weighted by Gasteiger charge is -2.43. The van der Waals surface area contributed by atoms with Gasteiger partial charge in [-0.15, -0.1) is 0 Å². The van der Waals surface area contributed by atoms with Gasteiger partial charge in [-0.25, -0.2) is 9.97 Å². The molecule has 21 heavy (non-hydrogen) atoms. The lowest BCUT2D eigenvalue weighted by Crippen LogP contribution is -2.55. The van der Waals surface area contributed by atoms with Crippen molar-refractivity contribution in [2.24, 2.45) is 0 Å². The summed E-state index contributed by atoms with van der Waals surface area (Å²) in [6.07, 6.45) is -4.55. The van der Waals surface area contributed by atoms with E-state index >= 15 is 0 Å². The smallest absolute Gasteiger partial charge is 0.373 e. The highest BCUT2D eigenvalue weighted by Gasteiger charge is 2.36. The molecule has 0 bridgehead atoms. The molecule has 1 aromatic rings. The summed E-state index contributed by atoms with van der Waals surface area (Å²) < 4.78 is 38.7. The third kappa shape index (κ3) is 3.37. The molecule has 1 aliphatic heterocycles. The molecule has 0 spiro atoms. The number of hydrogen-bond donors (Lipinski definition) is 1. The Morgan fingerprint density at radius 2 is 1.76 bits per heavy atom. The SMILES string of the molecule is CNc1cc(N2CC(C)N(C)C(C)C2)nc(C(F)(F)F)n1. The summed E-state index contributed by atoms with van der Waals surface area (Å²) >= 11 is 0. The molecule has 1 aliphatic rings. The Morgan fingerprint density at radius 1 is 1.19 bits per heavy atom. The van der Waals surface area contributed by atoms with Crippen LogP contribution in [0.5, 0.6) is 0 Å². The first-order valence-electron chi connectivity index (χ1n) is 6.83. The van der Waals surface area contributed by atoms with Crippen LogP contribution in [-0.4, -0.2) is 54.1 Å². The van der Waals surface area contributed by atoms with Crippen LogP contribution in [0.25, 0.3) is 0 Å². The summed E-state index contributed by atoms with van der Waals surface area (Å²) in [6.45, 7) is 5.37. The third-order valence-electron chi connectivity index (χ3n) is 3.91. The minimum Gasteiger partial charge on any atom is -0.373 e. The highest BCUT2D eigenvalue weighted by molar-refractivity contribution is 5.50. The molecule has 1 saturated heterocycles. The fourth-order valence-electron chi connectivity index (χ4n) is 2.44. The van der Waals surface area contributed by atoms with Gasteiger partial charge in [0.05, 0.1) is 0 Å². The molecule has 8 heteroatoms. The number of nitrogens with zero attached hydrogens (tertiary/aromatic N) is 4. The van der Waals surface area contributed by atoms with Gasteiger partial charge in [-0.2, -0.15) is 13.2 Å². The van der Waals surface area contributed by atoms with Gasteiger partial charge in [0.15, 0.2) is 0 Å². The lowest BCUT2D eigenvalue weighted by atomic mass is 10.1. The first kappa shape index (κ1) is 15.8. The first-order chi connectivity index (χ1) is 9.72. The fourth-order valence-corrected chi connectivity index (χ4v) is 2.44. The van der Waals surface area contributed by atoms with Crippen molar-refractivity contribution in [3.63, 3.8) is 0 Å². The van der Waals surface area contributed by atoms with Gasteiger partial charge in [0.2, 0.25) is 5.82 Å². The number of aromatic nitrogens is 2. The number of piperazine rings is 1. The van der Waals surface area contributed by atoms with E-state index in [0.29, 0.717) is 18.9 Å². The van der Waals surface area contributed by atoms with Crippen LogP contribution in [0.3, 0.4) is 0 Å². The van der Waals surface area contributed by atoms with Crippen molar-refractivity contribution < 1.29 is 13.2 Å². The maximum Gasteiger partial charge on any atom is 0.451 e. The predicted octanol–water partition coefficient (Wildman–Crippen LogP) is 2.07. The number of hydrogen-bond acceptors (Lipinski definition) is 5. The molecule has 1 fully saturated rings. The molecule has 2 unspecified atom stereocenters. The Bertz CT molecular complexity index is 493. The van der Waals surface area contributed by atoms with Gasteiger partial charge in [-0.3, -0.25) is 4.90 Å². The fraction of sp³-hybridized carbons (Fsp3) is 0.692. The van der Waals surface area contributed by atoms with Crippen LogP contribution in [0.2, 0.25) is 0 Å². The second kappa shape index (κ2) is 5.67. The van der Waals surface area contributed by atoms with Crippen molar-refractivity contribution >= 4 is 11.6 Å². The van der Waals surface area contributed by atoms with Gasteiger partial charge in [0.1, 0.15) is 11.6 Å². The van der Waals surface area contributed by atoms with Crippen molar-refractivity contribution in [1.82, 2.24) is 14.9 Å². The van der Waals surface area contributed by atoms with E-state index < -0.39 is 12.0 Å². The molecule has 0 radical (unpaired) electrons. The number of rotatable bonds is 2. The molecule has 5 nitrogen and oxygen atoms in total. The molecular weight excluding hydrogens is 283 g/mol. The maximum absolute atomic E-state index is 12.9. The van der Waals surface area contributed by atoms with Crippen molar-refractivity contribution in [3.8, 4) is 0 Å². The van der Waals surface area contributed by atoms with Gasteiger partial charge in [0, 0.05) is 38.3 Å². The number of nitrogens with one attached hydrogen (secondary N) is 1. The van der Waals surface area contributed by atoms with Gasteiger partial charge in [0.25, 0.3) is 0 Å². The van der Waals surface area contributed by atoms with E-state index in [-0.39, 0.29) is 17.9 Å². The molecule has 1 N–H and O–H groups in total. The maximum atomic E-state index is 12.9. The van der Waals surface area contributed by atoms with E-state index in [1.165, 1.54) is 0 Å². The van der Waals surface area contributed by atoms with Crippen LogP contribution in [-0.2, 0) is 6.18 Å². The van der Waals surface area contributed by atoms with E-state index in [9.17, 15) is 13.2 Å². The van der Waals surface area contributed by atoms with Crippen LogP contribution in [0.4, 0.5) is 24.8 Å². The summed E-state index contributed by atoms with van der Waals surface area (Å²) in [5, 5.41) is 2.66. The van der Waals surface area contributed by atoms with E-state index in [0.717, 1.165) is 0 Å². The molecule has 0 amide bonds. The largest absolute Gasteiger partial charge is 0.451 e. The number of likely N-dealkylation sites (N-methyl/N-ethyl adjacent to an activating group) is 1. The van der Waals surface area contributed by atoms with E-state index in [1.54, 1.807) is 13.1 Å². The van der Waals surface area contributed by atoms with Gasteiger partial charge in [-0.1, -0.05) is 0 Å². The zero-order chi connectivity index (χ0) is 15.8. The quantitative estimate of drug-likeness (QED) is 0.906. The Kier molecular flexibility index (Phi) is 4.27. The minimum atomic E-state index is -4.55. The molecule has 0 aromatic carbocycles. The summed E-state index contributed by atoms with van der Waals surface area (Å²) in [5.41, 5.74) is 0. The van der Waals surface area contributed by atoms with Crippen LogP contribution in [0.1, 0.15) is 19.7 Å². The van der Waals surface area contributed by atoms with E-state index in [2.05, 4.69) is 20.2 Å². The Hall–Kier alpha value is -1.57. The van der Waals surface area contributed by atoms with E-state index in [4.69, 9.17) is 0 Å². The summed E-state index contributed by atoms with van der Waals surface area (Å²) in [7, 11) is 3.56. The lowest BCUT2D eigenvalue weighted by molar-refractivity contribution is -0.144. The predicted molar refractivity (Wildman–Crippen MR) is 75.5 cm³/mol. The van der Waals surface area contributed by atoms with Crippen molar-refractivity contribution in [2.45, 2.75) is 32.1 Å². The number of alkyl halides is 3. The summed E-state index contributed by atoms with van der Waals surface area (Å²) in [6, 6.07) is 2.05. The van der Waals surface area contributed by atoms with Gasteiger partial charge >= 0.3 is 6.18 Å². The summed E-state index contributed by atoms with van der Waals surface area (Å²) in [4.78, 5) is 11.3. The molecule has 2 rings (SSSR count). The minimum absolute atomic E-state index is 0.173. The standard InChI is InChI=1S/C13H20F3N5/c1-8-6-21(7-9(2)20(8)4)11-5-10(17-3)18-12(19-11)13(14,15)16/h5,8-9H,6-7H2,1-4H3,(H,17,18,19). The molecular formula is C13H20F3N5. The van der Waals surface area contributed by atoms with Crippen molar-refractivity contribution in [1.29, 1.82) is 0 Å². The zero-order valence-corrected chi connectivity index (χ0v) is 12.6. The third-order valence-corrected chi connectivity index (χ3v) is 3.91. The molecule has 118 valence electrons. The average molecular weight is 303 g/mol. The zero-order valence-electron chi connectivity index (χ0n) is 12.6. The normalized spacial score (nSPS) is 24.2. The average Bonchev–Trinajstić information content (AvgIpc) is 2.42. The van der Waals surface area contributed by atoms with Crippen LogP contribution in [0.15, 0.2) is 6.07 Å². The monoisotopic (exact) mass is 303 g/mol. The van der Waals surface area contributed by atoms with Crippen LogP contribution in [0, 0.1) is 0 Å². The van der Waals surface area contributed by atoms with Crippen LogP contribution < -0.4 is 10.2 Å². The highest BCUT2D eigenvalue weighted by atomic mass is 19.4. The summed E-state index contributed by atoms with van der Waals surface area (Å²) in [5.74, 6) is -0.622. The number of halogens is 3. The second-order valence-electron chi connectivity index (χ2n) is 5.45. The van der Waals surface area contributed by atoms with Gasteiger partial charge < -0.3 is 10.2 Å². The Balaban J connectivity index is 2.35.